The van der Waals surface area contributed by atoms with Crippen molar-refractivity contribution in [2.24, 2.45) is 23.2 Å². The van der Waals surface area contributed by atoms with E-state index in [1.807, 2.05) is 19.1 Å². The molecule has 5 atom stereocenters. The van der Waals surface area contributed by atoms with Crippen LogP contribution in [-0.2, 0) is 9.53 Å². The molecule has 0 amide bonds. The third-order valence-corrected chi connectivity index (χ3v) is 6.03. The standard InChI is InChI=1S/C22H16Cl2FNO3/c1-22-14(10-18(23)24)19(22)20(22)21(27)29-17(11-26)12-7-8-15(25)16(9-12)28-13-5-3-2-4-6-13/h2-10,14,17,19-20H,1H3. The molecule has 0 aliphatic heterocycles. The number of hydrogen-bond donors (Lipinski definition) is 0. The van der Waals surface area contributed by atoms with Gasteiger partial charge < -0.3 is 9.47 Å². The molecule has 0 heterocycles. The second kappa shape index (κ2) is 7.37. The van der Waals surface area contributed by atoms with Gasteiger partial charge in [-0.1, -0.05) is 60.5 Å². The van der Waals surface area contributed by atoms with Gasteiger partial charge in [-0.2, -0.15) is 5.26 Å². The molecule has 2 aliphatic carbocycles. The minimum Gasteiger partial charge on any atom is -0.454 e. The number of ether oxygens (including phenoxy) is 2. The minimum absolute atomic E-state index is 0.0480. The molecule has 2 fully saturated rings. The number of carbonyl (C=O) groups is 1. The summed E-state index contributed by atoms with van der Waals surface area (Å²) in [5, 5.41) is 9.49. The van der Waals surface area contributed by atoms with Gasteiger partial charge in [-0.25, -0.2) is 4.39 Å². The molecular formula is C22H16Cl2FNO3. The van der Waals surface area contributed by atoms with Crippen LogP contribution in [0.3, 0.4) is 0 Å². The summed E-state index contributed by atoms with van der Waals surface area (Å²) in [6, 6.07) is 14.6. The van der Waals surface area contributed by atoms with Gasteiger partial charge >= 0.3 is 5.97 Å². The highest BCUT2D eigenvalue weighted by molar-refractivity contribution is 6.55. The lowest BCUT2D eigenvalue weighted by Gasteiger charge is -2.17. The van der Waals surface area contributed by atoms with Crippen LogP contribution in [0.4, 0.5) is 4.39 Å². The third kappa shape index (κ3) is 3.59. The van der Waals surface area contributed by atoms with Crippen LogP contribution >= 0.6 is 23.2 Å². The minimum atomic E-state index is -1.16. The van der Waals surface area contributed by atoms with Gasteiger partial charge in [0.2, 0.25) is 6.10 Å². The number of fused-ring (bicyclic) bond motifs is 1. The number of rotatable bonds is 6. The van der Waals surface area contributed by atoms with Crippen molar-refractivity contribution < 1.29 is 18.7 Å². The van der Waals surface area contributed by atoms with Gasteiger partial charge in [-0.05, 0) is 41.5 Å². The van der Waals surface area contributed by atoms with E-state index >= 15 is 0 Å². The van der Waals surface area contributed by atoms with Crippen LogP contribution in [0.25, 0.3) is 0 Å². The number of carbonyl (C=O) groups excluding carboxylic acids is 1. The SMILES string of the molecule is CC12C(C=C(Cl)Cl)C1C2C(=O)OC(C#N)c1ccc(F)c(Oc2ccccc2)c1. The molecule has 7 heteroatoms. The molecule has 2 aromatic carbocycles. The summed E-state index contributed by atoms with van der Waals surface area (Å²) in [7, 11) is 0. The van der Waals surface area contributed by atoms with E-state index in [9.17, 15) is 14.4 Å². The summed E-state index contributed by atoms with van der Waals surface area (Å²) in [4.78, 5) is 12.5. The molecule has 4 nitrogen and oxygen atoms in total. The van der Waals surface area contributed by atoms with Crippen LogP contribution in [0.5, 0.6) is 11.5 Å². The second-order valence-corrected chi connectivity index (χ2v) is 8.41. The van der Waals surface area contributed by atoms with Crippen molar-refractivity contribution in [2.45, 2.75) is 13.0 Å². The molecule has 148 valence electrons. The largest absolute Gasteiger partial charge is 0.454 e. The van der Waals surface area contributed by atoms with Crippen molar-refractivity contribution in [2.75, 3.05) is 0 Å². The lowest BCUT2D eigenvalue weighted by Crippen LogP contribution is -2.20. The number of nitrogens with zero attached hydrogens (tertiary/aromatic N) is 1. The fourth-order valence-corrected chi connectivity index (χ4v) is 4.29. The smallest absolute Gasteiger partial charge is 0.311 e. The Bertz CT molecular complexity index is 1030. The molecule has 0 bridgehead atoms. The van der Waals surface area contributed by atoms with E-state index in [0.717, 1.165) is 0 Å². The topological polar surface area (TPSA) is 59.3 Å². The fourth-order valence-electron chi connectivity index (χ4n) is 4.02. The molecule has 2 aromatic rings. The molecular weight excluding hydrogens is 416 g/mol. The summed E-state index contributed by atoms with van der Waals surface area (Å²) in [5.74, 6) is -0.620. The number of benzene rings is 2. The van der Waals surface area contributed by atoms with E-state index in [2.05, 4.69) is 0 Å². The van der Waals surface area contributed by atoms with E-state index in [-0.39, 0.29) is 33.4 Å². The Balaban J connectivity index is 1.45. The summed E-state index contributed by atoms with van der Waals surface area (Å²) >= 11 is 11.4. The van der Waals surface area contributed by atoms with Gasteiger partial charge in [0.25, 0.3) is 0 Å². The van der Waals surface area contributed by atoms with Crippen LogP contribution in [-0.4, -0.2) is 5.97 Å². The fraction of sp³-hybridized carbons (Fsp3) is 0.273. The highest BCUT2D eigenvalue weighted by atomic mass is 35.5. The van der Waals surface area contributed by atoms with Crippen molar-refractivity contribution in [1.29, 1.82) is 5.26 Å². The summed E-state index contributed by atoms with van der Waals surface area (Å²) < 4.78 is 25.3. The molecule has 29 heavy (non-hydrogen) atoms. The first-order chi connectivity index (χ1) is 13.9. The Labute approximate surface area is 177 Å². The first-order valence-corrected chi connectivity index (χ1v) is 9.77. The lowest BCUT2D eigenvalue weighted by atomic mass is 9.97. The van der Waals surface area contributed by atoms with Crippen LogP contribution < -0.4 is 4.74 Å². The number of para-hydroxylation sites is 1. The highest BCUT2D eigenvalue weighted by Gasteiger charge is 2.85. The summed E-state index contributed by atoms with van der Waals surface area (Å²) in [6.45, 7) is 1.96. The Hall–Kier alpha value is -2.55. The predicted octanol–water partition coefficient (Wildman–Crippen LogP) is 5.93. The molecule has 0 radical (unpaired) electrons. The number of nitriles is 1. The quantitative estimate of drug-likeness (QED) is 0.531. The van der Waals surface area contributed by atoms with Gasteiger partial charge in [0, 0.05) is 5.56 Å². The third-order valence-electron chi connectivity index (χ3n) is 5.77. The molecule has 2 saturated carbocycles. The van der Waals surface area contributed by atoms with Crippen LogP contribution in [0.1, 0.15) is 18.6 Å². The molecule has 2 aliphatic rings. The van der Waals surface area contributed by atoms with Crippen LogP contribution in [0.2, 0.25) is 0 Å². The van der Waals surface area contributed by atoms with E-state index in [1.165, 1.54) is 18.2 Å². The predicted molar refractivity (Wildman–Crippen MR) is 106 cm³/mol. The summed E-state index contributed by atoms with van der Waals surface area (Å²) in [6.07, 6.45) is 0.572. The molecule has 0 saturated heterocycles. The number of halogens is 3. The second-order valence-electron chi connectivity index (χ2n) is 7.40. The maximum atomic E-state index is 14.1. The molecule has 0 spiro atoms. The van der Waals surface area contributed by atoms with Crippen molar-refractivity contribution in [3.05, 3.63) is 70.5 Å². The molecule has 0 aromatic heterocycles. The van der Waals surface area contributed by atoms with Crippen molar-refractivity contribution in [1.82, 2.24) is 0 Å². The average Bonchev–Trinajstić information content (AvgIpc) is 3.52. The van der Waals surface area contributed by atoms with Crippen LogP contribution in [0.15, 0.2) is 59.1 Å². The Morgan fingerprint density at radius 1 is 1.28 bits per heavy atom. The van der Waals surface area contributed by atoms with E-state index in [0.29, 0.717) is 11.3 Å². The van der Waals surface area contributed by atoms with Gasteiger partial charge in [0.05, 0.1) is 5.92 Å². The van der Waals surface area contributed by atoms with E-state index in [1.54, 1.807) is 30.3 Å². The van der Waals surface area contributed by atoms with Crippen molar-refractivity contribution in [3.8, 4) is 17.6 Å². The zero-order chi connectivity index (χ0) is 20.8. The molecule has 4 rings (SSSR count). The first-order valence-electron chi connectivity index (χ1n) is 9.01. The number of hydrogen-bond acceptors (Lipinski definition) is 4. The van der Waals surface area contributed by atoms with E-state index < -0.39 is 17.9 Å². The van der Waals surface area contributed by atoms with Gasteiger partial charge in [-0.3, -0.25) is 4.79 Å². The van der Waals surface area contributed by atoms with Gasteiger partial charge in [0.1, 0.15) is 16.3 Å². The first kappa shape index (κ1) is 19.8. The monoisotopic (exact) mass is 431 g/mol. The average molecular weight is 432 g/mol. The zero-order valence-corrected chi connectivity index (χ0v) is 16.8. The number of allylic oxidation sites excluding steroid dienone is 1. The van der Waals surface area contributed by atoms with Crippen LogP contribution in [0, 0.1) is 40.3 Å². The molecule has 0 N–H and O–H groups in total. The van der Waals surface area contributed by atoms with Crippen molar-refractivity contribution in [3.63, 3.8) is 0 Å². The van der Waals surface area contributed by atoms with Gasteiger partial charge in [-0.15, -0.1) is 0 Å². The Morgan fingerprint density at radius 2 is 1.97 bits per heavy atom. The van der Waals surface area contributed by atoms with Crippen molar-refractivity contribution >= 4 is 29.2 Å². The summed E-state index contributed by atoms with van der Waals surface area (Å²) in [5.41, 5.74) is 0.129. The maximum Gasteiger partial charge on any atom is 0.311 e. The zero-order valence-electron chi connectivity index (χ0n) is 15.3. The van der Waals surface area contributed by atoms with Gasteiger partial charge in [0.15, 0.2) is 11.6 Å². The molecule has 5 unspecified atom stereocenters. The Kier molecular flexibility index (Phi) is 5.02. The van der Waals surface area contributed by atoms with E-state index in [4.69, 9.17) is 32.7 Å². The lowest BCUT2D eigenvalue weighted by molar-refractivity contribution is -0.151. The number of esters is 1. The highest BCUT2D eigenvalue weighted by Crippen LogP contribution is 2.84. The Morgan fingerprint density at radius 3 is 2.59 bits per heavy atom. The normalized spacial score (nSPS) is 27.1. The maximum absolute atomic E-state index is 14.1.